The van der Waals surface area contributed by atoms with E-state index >= 15 is 0 Å². The van der Waals surface area contributed by atoms with Crippen molar-refractivity contribution in [2.45, 2.75) is 13.8 Å². The van der Waals surface area contributed by atoms with E-state index in [4.69, 9.17) is 9.97 Å². The second-order valence-electron chi connectivity index (χ2n) is 12.8. The minimum Gasteiger partial charge on any atom is -0.354 e. The number of nitrogens with one attached hydrogen (secondary N) is 1. The molecule has 4 heterocycles. The number of H-pyrrole nitrogens is 1. The zero-order chi connectivity index (χ0) is 32.6. The van der Waals surface area contributed by atoms with Crippen LogP contribution in [0.1, 0.15) is 11.1 Å². The number of aromatic nitrogens is 5. The molecule has 5 heteroatoms. The minimum atomic E-state index is 0.903. The maximum Gasteiger partial charge on any atom is 0.147 e. The Bertz CT molecular complexity index is 2900. The van der Waals surface area contributed by atoms with Crippen molar-refractivity contribution >= 4 is 54.6 Å². The molecule has 10 rings (SSSR count). The second-order valence-corrected chi connectivity index (χ2v) is 12.8. The average molecular weight is 630 g/mol. The largest absolute Gasteiger partial charge is 0.354 e. The van der Waals surface area contributed by atoms with Crippen molar-refractivity contribution in [1.29, 1.82) is 0 Å². The van der Waals surface area contributed by atoms with Crippen molar-refractivity contribution in [3.63, 3.8) is 0 Å². The van der Waals surface area contributed by atoms with Crippen LogP contribution in [0.5, 0.6) is 0 Å². The lowest BCUT2D eigenvalue weighted by Crippen LogP contribution is -2.01. The number of fused-ring (bicyclic) bond motifs is 7. The number of hydrogen-bond donors (Lipinski definition) is 1. The number of para-hydroxylation sites is 5. The molecule has 0 spiro atoms. The molecule has 6 aromatic carbocycles. The number of aryl methyl sites for hydroxylation is 1. The van der Waals surface area contributed by atoms with E-state index in [0.717, 1.165) is 67.1 Å². The van der Waals surface area contributed by atoms with E-state index in [9.17, 15) is 0 Å². The van der Waals surface area contributed by atoms with Gasteiger partial charge in [-0.15, -0.1) is 0 Å². The average Bonchev–Trinajstić information content (AvgIpc) is 3.83. The Morgan fingerprint density at radius 1 is 0.551 bits per heavy atom. The van der Waals surface area contributed by atoms with Gasteiger partial charge in [0.1, 0.15) is 11.6 Å². The summed E-state index contributed by atoms with van der Waals surface area (Å²) in [7, 11) is 0. The third-order valence-electron chi connectivity index (χ3n) is 10.1. The Hall–Kier alpha value is -6.46. The Labute approximate surface area is 282 Å². The van der Waals surface area contributed by atoms with E-state index in [2.05, 4.69) is 167 Å². The van der Waals surface area contributed by atoms with Gasteiger partial charge in [0.05, 0.1) is 27.6 Å². The highest BCUT2D eigenvalue weighted by Gasteiger charge is 2.22. The van der Waals surface area contributed by atoms with Crippen LogP contribution in [0, 0.1) is 13.8 Å². The molecule has 0 atom stereocenters. The first kappa shape index (κ1) is 27.6. The monoisotopic (exact) mass is 629 g/mol. The summed E-state index contributed by atoms with van der Waals surface area (Å²) < 4.78 is 4.62. The predicted molar refractivity (Wildman–Crippen MR) is 203 cm³/mol. The molecular formula is C44H31N5. The standard InChI is InChI=1S/C44H31N5/c1-27-24-25-45-43(28(27)2)49-38-20-9-7-15-33(38)34-23-22-29(26-40(34)49)31-16-11-21-39-42(31)47-44(48(39)30-12-4-3-5-13-30)36-18-10-17-35-32-14-6-8-19-37(32)46-41(35)36/h3-26,46H,1-2H3. The lowest BCUT2D eigenvalue weighted by atomic mass is 10.0. The van der Waals surface area contributed by atoms with E-state index in [1.807, 2.05) is 6.20 Å². The van der Waals surface area contributed by atoms with Crippen LogP contribution >= 0.6 is 0 Å². The molecule has 0 saturated carbocycles. The van der Waals surface area contributed by atoms with Gasteiger partial charge in [-0.05, 0) is 79.1 Å². The van der Waals surface area contributed by atoms with Crippen molar-refractivity contribution in [2.75, 3.05) is 0 Å². The lowest BCUT2D eigenvalue weighted by molar-refractivity contribution is 1.04. The molecule has 1 N–H and O–H groups in total. The summed E-state index contributed by atoms with van der Waals surface area (Å²) in [5.41, 5.74) is 13.2. The smallest absolute Gasteiger partial charge is 0.147 e. The summed E-state index contributed by atoms with van der Waals surface area (Å²) in [6.45, 7) is 4.31. The van der Waals surface area contributed by atoms with Gasteiger partial charge < -0.3 is 4.98 Å². The number of pyridine rings is 1. The van der Waals surface area contributed by atoms with Crippen LogP contribution < -0.4 is 0 Å². The molecular weight excluding hydrogens is 599 g/mol. The fraction of sp³-hybridized carbons (Fsp3) is 0.0455. The molecule has 0 saturated heterocycles. The van der Waals surface area contributed by atoms with E-state index in [1.54, 1.807) is 0 Å². The molecule has 0 unspecified atom stereocenters. The van der Waals surface area contributed by atoms with Gasteiger partial charge in [0.15, 0.2) is 0 Å². The fourth-order valence-electron chi connectivity index (χ4n) is 7.62. The second kappa shape index (κ2) is 10.5. The van der Waals surface area contributed by atoms with Crippen molar-refractivity contribution in [2.24, 2.45) is 0 Å². The Balaban J connectivity index is 1.26. The predicted octanol–water partition coefficient (Wildman–Crippen LogP) is 11.1. The van der Waals surface area contributed by atoms with E-state index in [0.29, 0.717) is 0 Å². The first-order valence-corrected chi connectivity index (χ1v) is 16.7. The van der Waals surface area contributed by atoms with Gasteiger partial charge in [0.25, 0.3) is 0 Å². The molecule has 0 radical (unpaired) electrons. The number of imidazole rings is 1. The van der Waals surface area contributed by atoms with Crippen LogP contribution in [0.2, 0.25) is 0 Å². The number of nitrogens with zero attached hydrogens (tertiary/aromatic N) is 4. The summed E-state index contributed by atoms with van der Waals surface area (Å²) in [5, 5.41) is 4.82. The van der Waals surface area contributed by atoms with Gasteiger partial charge in [0, 0.05) is 50.1 Å². The van der Waals surface area contributed by atoms with Gasteiger partial charge in [-0.2, -0.15) is 0 Å². The number of aromatic amines is 1. The van der Waals surface area contributed by atoms with Crippen LogP contribution in [0.15, 0.2) is 146 Å². The third kappa shape index (κ3) is 4.06. The quantitative estimate of drug-likeness (QED) is 0.211. The molecule has 0 bridgehead atoms. The summed E-state index contributed by atoms with van der Waals surface area (Å²) in [6, 6.07) is 49.6. The van der Waals surface area contributed by atoms with Gasteiger partial charge in [-0.1, -0.05) is 91.0 Å². The van der Waals surface area contributed by atoms with E-state index in [1.165, 1.54) is 32.7 Å². The first-order chi connectivity index (χ1) is 24.2. The van der Waals surface area contributed by atoms with E-state index in [-0.39, 0.29) is 0 Å². The molecule has 0 amide bonds. The first-order valence-electron chi connectivity index (χ1n) is 16.7. The zero-order valence-corrected chi connectivity index (χ0v) is 27.1. The van der Waals surface area contributed by atoms with Crippen LogP contribution in [0.25, 0.3) is 88.7 Å². The van der Waals surface area contributed by atoms with Crippen molar-refractivity contribution in [3.8, 4) is 34.0 Å². The normalized spacial score (nSPS) is 11.9. The third-order valence-corrected chi connectivity index (χ3v) is 10.1. The molecule has 0 aliphatic carbocycles. The summed E-state index contributed by atoms with van der Waals surface area (Å²) in [5.74, 6) is 1.87. The van der Waals surface area contributed by atoms with Crippen molar-refractivity contribution in [1.82, 2.24) is 24.1 Å². The Morgan fingerprint density at radius 3 is 2.16 bits per heavy atom. The van der Waals surface area contributed by atoms with E-state index < -0.39 is 0 Å². The van der Waals surface area contributed by atoms with Gasteiger partial charge in [-0.25, -0.2) is 9.97 Å². The van der Waals surface area contributed by atoms with Crippen molar-refractivity contribution < 1.29 is 0 Å². The van der Waals surface area contributed by atoms with Gasteiger partial charge >= 0.3 is 0 Å². The number of hydrogen-bond acceptors (Lipinski definition) is 2. The highest BCUT2D eigenvalue weighted by atomic mass is 15.1. The molecule has 0 aliphatic rings. The Kier molecular flexibility index (Phi) is 5.94. The maximum absolute atomic E-state index is 5.51. The molecule has 232 valence electrons. The van der Waals surface area contributed by atoms with Gasteiger partial charge in [-0.3, -0.25) is 9.13 Å². The van der Waals surface area contributed by atoms with Crippen molar-refractivity contribution in [3.05, 3.63) is 157 Å². The van der Waals surface area contributed by atoms with Crippen LogP contribution in [0.4, 0.5) is 0 Å². The number of rotatable bonds is 4. The SMILES string of the molecule is Cc1ccnc(-n2c3ccccc3c3ccc(-c4cccc5c4nc(-c4cccc6c4[nH]c4ccccc46)n5-c4ccccc4)cc32)c1C. The maximum atomic E-state index is 5.51. The highest BCUT2D eigenvalue weighted by Crippen LogP contribution is 2.40. The number of benzene rings is 6. The summed E-state index contributed by atoms with van der Waals surface area (Å²) in [6.07, 6.45) is 1.91. The molecule has 4 aromatic heterocycles. The minimum absolute atomic E-state index is 0.903. The lowest BCUT2D eigenvalue weighted by Gasteiger charge is -2.12. The highest BCUT2D eigenvalue weighted by molar-refractivity contribution is 6.13. The van der Waals surface area contributed by atoms with Gasteiger partial charge in [0.2, 0.25) is 0 Å². The van der Waals surface area contributed by atoms with Crippen LogP contribution in [-0.4, -0.2) is 24.1 Å². The summed E-state index contributed by atoms with van der Waals surface area (Å²) >= 11 is 0. The van der Waals surface area contributed by atoms with Crippen LogP contribution in [-0.2, 0) is 0 Å². The topological polar surface area (TPSA) is 51.4 Å². The molecule has 0 fully saturated rings. The summed E-state index contributed by atoms with van der Waals surface area (Å²) in [4.78, 5) is 14.1. The molecule has 0 aliphatic heterocycles. The molecule has 5 nitrogen and oxygen atoms in total. The molecule has 10 aromatic rings. The fourth-order valence-corrected chi connectivity index (χ4v) is 7.62. The molecule has 49 heavy (non-hydrogen) atoms. The van der Waals surface area contributed by atoms with Crippen LogP contribution in [0.3, 0.4) is 0 Å². The Morgan fingerprint density at radius 2 is 1.27 bits per heavy atom. The zero-order valence-electron chi connectivity index (χ0n) is 27.1.